The number of thiazole rings is 1. The first kappa shape index (κ1) is 30.8. The molecule has 6 rings (SSSR count). The van der Waals surface area contributed by atoms with Crippen molar-refractivity contribution < 1.29 is 19.0 Å². The molecule has 228 valence electrons. The highest BCUT2D eigenvalue weighted by Crippen LogP contribution is 2.36. The van der Waals surface area contributed by atoms with Crippen LogP contribution >= 0.6 is 33.9 Å². The van der Waals surface area contributed by atoms with Gasteiger partial charge in [0, 0.05) is 0 Å². The summed E-state index contributed by atoms with van der Waals surface area (Å²) < 4.78 is 20.4. The molecule has 7 nitrogen and oxygen atoms in total. The van der Waals surface area contributed by atoms with Gasteiger partial charge in [-0.25, -0.2) is 9.79 Å². The zero-order valence-corrected chi connectivity index (χ0v) is 28.1. The Morgan fingerprint density at radius 3 is 2.47 bits per heavy atom. The Bertz CT molecular complexity index is 2120. The number of methoxy groups -OCH3 is 1. The lowest BCUT2D eigenvalue weighted by molar-refractivity contribution is -0.136. The molecule has 0 fully saturated rings. The van der Waals surface area contributed by atoms with Crippen LogP contribution in [0.25, 0.3) is 16.8 Å². The summed E-state index contributed by atoms with van der Waals surface area (Å²) in [5.74, 6) is 0.769. The van der Waals surface area contributed by atoms with Gasteiger partial charge in [-0.3, -0.25) is 9.36 Å². The molecular formula is C36H31IN2O5S. The summed E-state index contributed by atoms with van der Waals surface area (Å²) in [5.41, 5.74) is 3.44. The summed E-state index contributed by atoms with van der Waals surface area (Å²) in [6.45, 7) is 4.72. The van der Waals surface area contributed by atoms with Crippen LogP contribution in [0.2, 0.25) is 0 Å². The molecule has 0 spiro atoms. The number of allylic oxidation sites excluding steroid dienone is 1. The fourth-order valence-electron chi connectivity index (χ4n) is 5.52. The molecule has 1 aromatic heterocycles. The largest absolute Gasteiger partial charge is 0.490 e. The lowest BCUT2D eigenvalue weighted by Crippen LogP contribution is -2.40. The molecule has 0 aliphatic carbocycles. The van der Waals surface area contributed by atoms with Crippen molar-refractivity contribution in [1.29, 1.82) is 0 Å². The highest BCUT2D eigenvalue weighted by molar-refractivity contribution is 14.1. The van der Waals surface area contributed by atoms with E-state index in [0.29, 0.717) is 51.7 Å². The maximum Gasteiger partial charge on any atom is 0.338 e. The first-order valence-corrected chi connectivity index (χ1v) is 16.6. The Hall–Kier alpha value is -4.22. The van der Waals surface area contributed by atoms with Crippen LogP contribution in [-0.2, 0) is 16.1 Å². The van der Waals surface area contributed by atoms with E-state index in [-0.39, 0.29) is 5.56 Å². The highest BCUT2D eigenvalue weighted by atomic mass is 127. The van der Waals surface area contributed by atoms with Gasteiger partial charge < -0.3 is 14.2 Å². The molecule has 1 aliphatic heterocycles. The molecular weight excluding hydrogens is 699 g/mol. The number of nitrogens with zero attached hydrogens (tertiary/aromatic N) is 2. The van der Waals surface area contributed by atoms with Gasteiger partial charge in [0.2, 0.25) is 0 Å². The molecule has 0 saturated carbocycles. The topological polar surface area (TPSA) is 79.1 Å². The van der Waals surface area contributed by atoms with E-state index in [1.54, 1.807) is 4.57 Å². The number of benzene rings is 4. The van der Waals surface area contributed by atoms with E-state index in [2.05, 4.69) is 52.9 Å². The Labute approximate surface area is 278 Å². The van der Waals surface area contributed by atoms with Crippen molar-refractivity contribution in [2.24, 2.45) is 4.99 Å². The van der Waals surface area contributed by atoms with Gasteiger partial charge in [0.1, 0.15) is 6.61 Å². The molecule has 0 unspecified atom stereocenters. The number of ether oxygens (including phenoxy) is 3. The first-order valence-electron chi connectivity index (χ1n) is 14.7. The van der Waals surface area contributed by atoms with Gasteiger partial charge in [0.25, 0.3) is 5.56 Å². The number of halogens is 1. The van der Waals surface area contributed by atoms with E-state index in [0.717, 1.165) is 25.6 Å². The first-order chi connectivity index (χ1) is 21.9. The van der Waals surface area contributed by atoms with E-state index in [9.17, 15) is 9.59 Å². The van der Waals surface area contributed by atoms with Crippen molar-refractivity contribution in [2.45, 2.75) is 32.9 Å². The van der Waals surface area contributed by atoms with Crippen molar-refractivity contribution in [1.82, 2.24) is 4.57 Å². The number of carbonyl (C=O) groups is 1. The van der Waals surface area contributed by atoms with Gasteiger partial charge in [-0.1, -0.05) is 85.0 Å². The fraction of sp³-hybridized carbons (Fsp3) is 0.194. The van der Waals surface area contributed by atoms with Crippen LogP contribution in [-0.4, -0.2) is 24.3 Å². The number of carbonyl (C=O) groups excluding carboxylic acids is 1. The van der Waals surface area contributed by atoms with Gasteiger partial charge in [-0.05, 0) is 87.7 Å². The standard InChI is InChI=1S/C36H31IN2O5S/c1-4-28-31(35(41)42-3)32(25-12-7-6-8-13-25)39-34(40)30(45-36(39)38-28)20-23-18-27(37)33(29(19-23)43-5-2)44-21-22-15-16-24-11-9-10-14-26(24)17-22/h6-20,32H,4-5,21H2,1-3H3/b30-20-/t32-/m1/s1. The average Bonchev–Trinajstić information content (AvgIpc) is 3.37. The normalized spacial score (nSPS) is 14.7. The van der Waals surface area contributed by atoms with E-state index in [1.165, 1.54) is 23.8 Å². The predicted octanol–water partition coefficient (Wildman–Crippen LogP) is 6.53. The summed E-state index contributed by atoms with van der Waals surface area (Å²) in [6.07, 6.45) is 2.37. The van der Waals surface area contributed by atoms with Gasteiger partial charge in [-0.15, -0.1) is 0 Å². The van der Waals surface area contributed by atoms with Gasteiger partial charge in [-0.2, -0.15) is 0 Å². The molecule has 0 bridgehead atoms. The SMILES string of the molecule is CCOc1cc(/C=c2\sc3n(c2=O)[C@H](c2ccccc2)C(C(=O)OC)=C(CC)N=3)cc(I)c1OCc1ccc2ccccc2c1. The molecule has 9 heteroatoms. The zero-order chi connectivity index (χ0) is 31.5. The summed E-state index contributed by atoms with van der Waals surface area (Å²) in [7, 11) is 1.35. The fourth-order valence-corrected chi connectivity index (χ4v) is 7.33. The van der Waals surface area contributed by atoms with Crippen LogP contribution < -0.4 is 24.4 Å². The molecule has 1 atom stereocenters. The second-order valence-electron chi connectivity index (χ2n) is 10.4. The molecule has 0 radical (unpaired) electrons. The maximum atomic E-state index is 14.0. The molecule has 2 heterocycles. The molecule has 5 aromatic rings. The quantitative estimate of drug-likeness (QED) is 0.127. The van der Waals surface area contributed by atoms with Crippen LogP contribution in [0.5, 0.6) is 11.5 Å². The number of fused-ring (bicyclic) bond motifs is 2. The van der Waals surface area contributed by atoms with Crippen molar-refractivity contribution in [3.8, 4) is 11.5 Å². The maximum absolute atomic E-state index is 14.0. The van der Waals surface area contributed by atoms with Crippen LogP contribution in [0.3, 0.4) is 0 Å². The third-order valence-electron chi connectivity index (χ3n) is 7.59. The number of rotatable bonds is 9. The number of aromatic nitrogens is 1. The van der Waals surface area contributed by atoms with E-state index < -0.39 is 12.0 Å². The Kier molecular flexibility index (Phi) is 9.18. The highest BCUT2D eigenvalue weighted by Gasteiger charge is 2.33. The summed E-state index contributed by atoms with van der Waals surface area (Å²) in [6, 6.07) is 27.3. The minimum Gasteiger partial charge on any atom is -0.490 e. The summed E-state index contributed by atoms with van der Waals surface area (Å²) in [5, 5.41) is 2.34. The monoisotopic (exact) mass is 730 g/mol. The second kappa shape index (κ2) is 13.4. The van der Waals surface area contributed by atoms with E-state index in [1.807, 2.05) is 74.5 Å². The van der Waals surface area contributed by atoms with Gasteiger partial charge >= 0.3 is 5.97 Å². The zero-order valence-electron chi connectivity index (χ0n) is 25.1. The molecule has 1 aliphatic rings. The number of hydrogen-bond acceptors (Lipinski definition) is 7. The molecule has 45 heavy (non-hydrogen) atoms. The van der Waals surface area contributed by atoms with Crippen molar-refractivity contribution in [3.05, 3.63) is 136 Å². The van der Waals surface area contributed by atoms with Crippen molar-refractivity contribution >= 4 is 56.7 Å². The molecule has 0 saturated heterocycles. The summed E-state index contributed by atoms with van der Waals surface area (Å²) in [4.78, 5) is 32.3. The Morgan fingerprint density at radius 1 is 0.978 bits per heavy atom. The van der Waals surface area contributed by atoms with E-state index >= 15 is 0 Å². The lowest BCUT2D eigenvalue weighted by atomic mass is 9.95. The Morgan fingerprint density at radius 2 is 1.73 bits per heavy atom. The van der Waals surface area contributed by atoms with Crippen molar-refractivity contribution in [2.75, 3.05) is 13.7 Å². The van der Waals surface area contributed by atoms with Gasteiger partial charge in [0.05, 0.1) is 39.1 Å². The predicted molar refractivity (Wildman–Crippen MR) is 185 cm³/mol. The van der Waals surface area contributed by atoms with Crippen LogP contribution in [0.15, 0.2) is 106 Å². The van der Waals surface area contributed by atoms with E-state index in [4.69, 9.17) is 19.2 Å². The van der Waals surface area contributed by atoms with Gasteiger partial charge in [0.15, 0.2) is 16.3 Å². The molecule has 4 aromatic carbocycles. The molecule has 0 N–H and O–H groups in total. The minimum atomic E-state index is -0.642. The van der Waals surface area contributed by atoms with Crippen LogP contribution in [0.1, 0.15) is 43.0 Å². The van der Waals surface area contributed by atoms with Crippen LogP contribution in [0, 0.1) is 3.57 Å². The number of esters is 1. The lowest BCUT2D eigenvalue weighted by Gasteiger charge is -2.25. The molecule has 0 amide bonds. The third kappa shape index (κ3) is 6.19. The smallest absolute Gasteiger partial charge is 0.338 e. The minimum absolute atomic E-state index is 0.228. The van der Waals surface area contributed by atoms with Crippen molar-refractivity contribution in [3.63, 3.8) is 0 Å². The third-order valence-corrected chi connectivity index (χ3v) is 9.38. The summed E-state index contributed by atoms with van der Waals surface area (Å²) >= 11 is 3.55. The van der Waals surface area contributed by atoms with Crippen LogP contribution in [0.4, 0.5) is 0 Å². The second-order valence-corrected chi connectivity index (χ2v) is 12.6. The Balaban J connectivity index is 1.39. The number of hydrogen-bond donors (Lipinski definition) is 0. The average molecular weight is 731 g/mol.